The topological polar surface area (TPSA) is 0 Å². The van der Waals surface area contributed by atoms with E-state index in [0.29, 0.717) is 0 Å². The Morgan fingerprint density at radius 3 is 1.96 bits per heavy atom. The van der Waals surface area contributed by atoms with Gasteiger partial charge in [0.1, 0.15) is 0 Å². The van der Waals surface area contributed by atoms with Crippen LogP contribution in [-0.2, 0) is 0 Å². The van der Waals surface area contributed by atoms with Crippen LogP contribution in [0.4, 0.5) is 0 Å². The standard InChI is InChI=1S/C25H43/c1-4-7-10-11-12-17-22-25(24-20-15-13-16-21-24)23(18-9-6-3)19-14-8-5-2/h13,15-16,20,23,25H,4-12,14,17-19,22H2,1-3H3. The van der Waals surface area contributed by atoms with Gasteiger partial charge in [0.15, 0.2) is 0 Å². The van der Waals surface area contributed by atoms with Crippen molar-refractivity contribution in [2.45, 2.75) is 117 Å². The summed E-state index contributed by atoms with van der Waals surface area (Å²) in [6.45, 7) is 6.95. The van der Waals surface area contributed by atoms with Crippen LogP contribution >= 0.6 is 0 Å². The molecule has 0 bridgehead atoms. The normalized spacial score (nSPS) is 13.7. The zero-order valence-electron chi connectivity index (χ0n) is 17.4. The first-order chi connectivity index (χ1) is 12.3. The third kappa shape index (κ3) is 10.1. The minimum absolute atomic E-state index is 0.732. The first-order valence-electron chi connectivity index (χ1n) is 11.3. The van der Waals surface area contributed by atoms with Gasteiger partial charge in [0.2, 0.25) is 0 Å². The largest absolute Gasteiger partial charge is 0.0654 e. The van der Waals surface area contributed by atoms with Crippen molar-refractivity contribution in [3.05, 3.63) is 35.9 Å². The highest BCUT2D eigenvalue weighted by Crippen LogP contribution is 2.36. The van der Waals surface area contributed by atoms with Crippen molar-refractivity contribution in [3.63, 3.8) is 0 Å². The second-order valence-electron chi connectivity index (χ2n) is 7.88. The smallest absolute Gasteiger partial charge is 0.0127 e. The molecule has 0 aromatic heterocycles. The van der Waals surface area contributed by atoms with Crippen molar-refractivity contribution in [3.8, 4) is 0 Å². The highest BCUT2D eigenvalue weighted by Gasteiger charge is 2.22. The summed E-state index contributed by atoms with van der Waals surface area (Å²) in [4.78, 5) is 0. The van der Waals surface area contributed by atoms with E-state index < -0.39 is 0 Å². The average Bonchev–Trinajstić information content (AvgIpc) is 2.65. The van der Waals surface area contributed by atoms with Crippen molar-refractivity contribution in [1.82, 2.24) is 0 Å². The fourth-order valence-corrected chi connectivity index (χ4v) is 4.10. The molecular formula is C25H43. The van der Waals surface area contributed by atoms with Crippen LogP contribution < -0.4 is 0 Å². The molecule has 0 saturated heterocycles. The van der Waals surface area contributed by atoms with Crippen LogP contribution in [0.1, 0.15) is 122 Å². The third-order valence-electron chi connectivity index (χ3n) is 5.68. The maximum Gasteiger partial charge on any atom is -0.0127 e. The molecule has 0 heterocycles. The number of hydrogen-bond acceptors (Lipinski definition) is 0. The minimum Gasteiger partial charge on any atom is -0.0654 e. The highest BCUT2D eigenvalue weighted by molar-refractivity contribution is 5.19. The van der Waals surface area contributed by atoms with E-state index in [2.05, 4.69) is 51.1 Å². The molecule has 0 heteroatoms. The van der Waals surface area contributed by atoms with Gasteiger partial charge in [-0.15, -0.1) is 0 Å². The molecular weight excluding hydrogens is 300 g/mol. The number of hydrogen-bond donors (Lipinski definition) is 0. The average molecular weight is 344 g/mol. The van der Waals surface area contributed by atoms with Gasteiger partial charge >= 0.3 is 0 Å². The molecule has 1 radical (unpaired) electrons. The number of rotatable bonds is 16. The zero-order valence-corrected chi connectivity index (χ0v) is 17.4. The van der Waals surface area contributed by atoms with E-state index in [0.717, 1.165) is 11.8 Å². The molecule has 0 nitrogen and oxygen atoms in total. The van der Waals surface area contributed by atoms with Crippen molar-refractivity contribution < 1.29 is 0 Å². The highest BCUT2D eigenvalue weighted by atomic mass is 14.3. The number of benzene rings is 1. The summed E-state index contributed by atoms with van der Waals surface area (Å²) in [5, 5.41) is 0. The monoisotopic (exact) mass is 343 g/mol. The SMILES string of the molecule is CCCCCCCCC(c1[c]cccc1)C(CCCC)CCCCC. The van der Waals surface area contributed by atoms with Gasteiger partial charge in [-0.25, -0.2) is 0 Å². The lowest BCUT2D eigenvalue weighted by Crippen LogP contribution is -2.14. The molecule has 0 saturated carbocycles. The van der Waals surface area contributed by atoms with Gasteiger partial charge in [-0.05, 0) is 42.7 Å². The van der Waals surface area contributed by atoms with E-state index in [1.165, 1.54) is 95.5 Å². The van der Waals surface area contributed by atoms with E-state index in [1.54, 1.807) is 0 Å². The van der Waals surface area contributed by atoms with E-state index >= 15 is 0 Å². The van der Waals surface area contributed by atoms with Crippen molar-refractivity contribution in [1.29, 1.82) is 0 Å². The molecule has 143 valence electrons. The van der Waals surface area contributed by atoms with Crippen LogP contribution in [0, 0.1) is 12.0 Å². The van der Waals surface area contributed by atoms with Gasteiger partial charge in [0, 0.05) is 0 Å². The Labute approximate surface area is 158 Å². The lowest BCUT2D eigenvalue weighted by atomic mass is 9.77. The molecule has 0 spiro atoms. The molecule has 0 aliphatic rings. The Bertz CT molecular complexity index is 380. The van der Waals surface area contributed by atoms with Crippen molar-refractivity contribution in [2.24, 2.45) is 5.92 Å². The fraction of sp³-hybridized carbons (Fsp3) is 0.760. The van der Waals surface area contributed by atoms with Crippen LogP contribution in [0.5, 0.6) is 0 Å². The van der Waals surface area contributed by atoms with Gasteiger partial charge < -0.3 is 0 Å². The quantitative estimate of drug-likeness (QED) is 0.263. The Morgan fingerprint density at radius 2 is 1.28 bits per heavy atom. The summed E-state index contributed by atoms with van der Waals surface area (Å²) in [5.74, 6) is 1.59. The molecule has 25 heavy (non-hydrogen) atoms. The fourth-order valence-electron chi connectivity index (χ4n) is 4.10. The molecule has 0 fully saturated rings. The zero-order chi connectivity index (χ0) is 18.2. The van der Waals surface area contributed by atoms with E-state index in [4.69, 9.17) is 0 Å². The van der Waals surface area contributed by atoms with Gasteiger partial charge in [-0.1, -0.05) is 116 Å². The van der Waals surface area contributed by atoms with Crippen molar-refractivity contribution >= 4 is 0 Å². The molecule has 0 aliphatic heterocycles. The molecule has 2 atom stereocenters. The van der Waals surface area contributed by atoms with Gasteiger partial charge in [0.25, 0.3) is 0 Å². The molecule has 1 aromatic rings. The Balaban J connectivity index is 2.64. The van der Waals surface area contributed by atoms with Crippen LogP contribution in [0.15, 0.2) is 24.3 Å². The van der Waals surface area contributed by atoms with Crippen molar-refractivity contribution in [2.75, 3.05) is 0 Å². The minimum atomic E-state index is 0.732. The summed E-state index contributed by atoms with van der Waals surface area (Å²) in [7, 11) is 0. The van der Waals surface area contributed by atoms with E-state index in [1.807, 2.05) is 0 Å². The summed E-state index contributed by atoms with van der Waals surface area (Å²) < 4.78 is 0. The lowest BCUT2D eigenvalue weighted by molar-refractivity contribution is 0.325. The third-order valence-corrected chi connectivity index (χ3v) is 5.68. The molecule has 2 unspecified atom stereocenters. The van der Waals surface area contributed by atoms with E-state index in [-0.39, 0.29) is 0 Å². The predicted octanol–water partition coefficient (Wildman–Crippen LogP) is 8.71. The Morgan fingerprint density at radius 1 is 0.680 bits per heavy atom. The Hall–Kier alpha value is -0.780. The number of unbranched alkanes of at least 4 members (excludes halogenated alkanes) is 8. The summed E-state index contributed by atoms with van der Waals surface area (Å²) >= 11 is 0. The maximum atomic E-state index is 3.58. The summed E-state index contributed by atoms with van der Waals surface area (Å²) in [6.07, 6.45) is 19.5. The summed E-state index contributed by atoms with van der Waals surface area (Å²) in [5.41, 5.74) is 1.48. The predicted molar refractivity (Wildman–Crippen MR) is 113 cm³/mol. The van der Waals surface area contributed by atoms with Gasteiger partial charge in [0.05, 0.1) is 0 Å². The lowest BCUT2D eigenvalue weighted by Gasteiger charge is -2.28. The molecule has 0 amide bonds. The first kappa shape index (κ1) is 22.3. The molecule has 1 aromatic carbocycles. The van der Waals surface area contributed by atoms with Crippen LogP contribution in [0.2, 0.25) is 0 Å². The molecule has 0 N–H and O–H groups in total. The van der Waals surface area contributed by atoms with Gasteiger partial charge in [-0.2, -0.15) is 0 Å². The molecule has 1 rings (SSSR count). The van der Waals surface area contributed by atoms with Crippen LogP contribution in [0.25, 0.3) is 0 Å². The second-order valence-corrected chi connectivity index (χ2v) is 7.88. The van der Waals surface area contributed by atoms with Crippen LogP contribution in [0.3, 0.4) is 0 Å². The summed E-state index contributed by atoms with van der Waals surface area (Å²) in [6, 6.07) is 12.4. The molecule has 0 aliphatic carbocycles. The maximum absolute atomic E-state index is 3.58. The van der Waals surface area contributed by atoms with Gasteiger partial charge in [-0.3, -0.25) is 0 Å². The first-order valence-corrected chi connectivity index (χ1v) is 11.3. The van der Waals surface area contributed by atoms with E-state index in [9.17, 15) is 0 Å². The Kier molecular flexibility index (Phi) is 13.8. The second kappa shape index (κ2) is 15.5. The van der Waals surface area contributed by atoms with Crippen LogP contribution in [-0.4, -0.2) is 0 Å².